The molecule has 4 aromatic rings. The van der Waals surface area contributed by atoms with E-state index in [1.54, 1.807) is 29.2 Å². The molecule has 3 heterocycles. The van der Waals surface area contributed by atoms with Gasteiger partial charge in [0, 0.05) is 44.7 Å². The van der Waals surface area contributed by atoms with Crippen LogP contribution in [0.15, 0.2) is 78.0 Å². The summed E-state index contributed by atoms with van der Waals surface area (Å²) in [4.78, 5) is 2.59. The van der Waals surface area contributed by atoms with E-state index in [1.165, 1.54) is 28.8 Å². The van der Waals surface area contributed by atoms with Gasteiger partial charge in [-0.3, -0.25) is 4.90 Å². The first kappa shape index (κ1) is 24.1. The summed E-state index contributed by atoms with van der Waals surface area (Å²) in [7, 11) is 1.93. The van der Waals surface area contributed by atoms with Crippen LogP contribution >= 0.6 is 11.9 Å². The molecule has 37 heavy (non-hydrogen) atoms. The summed E-state index contributed by atoms with van der Waals surface area (Å²) in [5, 5.41) is 13.2. The molecule has 2 aliphatic heterocycles. The molecule has 0 bridgehead atoms. The molecule has 0 spiro atoms. The number of benzene rings is 3. The number of fused-ring (bicyclic) bond motifs is 1. The van der Waals surface area contributed by atoms with Gasteiger partial charge in [0.25, 0.3) is 0 Å². The van der Waals surface area contributed by atoms with Gasteiger partial charge in [-0.15, -0.1) is 0 Å². The first-order chi connectivity index (χ1) is 18.0. The summed E-state index contributed by atoms with van der Waals surface area (Å²) in [5.41, 5.74) is 8.98. The number of rotatable bonds is 5. The predicted octanol–water partition coefficient (Wildman–Crippen LogP) is 4.74. The molecule has 3 aromatic carbocycles. The maximum Gasteiger partial charge on any atom is 0.126 e. The molecule has 1 N–H and O–H groups in total. The molecule has 190 valence electrons. The van der Waals surface area contributed by atoms with Crippen LogP contribution < -0.4 is 5.43 Å². The number of nitrogens with zero attached hydrogens (tertiary/aromatic N) is 6. The Balaban J connectivity index is 1.33. The van der Waals surface area contributed by atoms with Crippen LogP contribution in [0.1, 0.15) is 22.7 Å². The maximum absolute atomic E-state index is 13.5. The van der Waals surface area contributed by atoms with Crippen molar-refractivity contribution in [2.24, 2.45) is 5.10 Å². The van der Waals surface area contributed by atoms with Crippen molar-refractivity contribution in [1.82, 2.24) is 29.5 Å². The number of hydrazone groups is 1. The molecule has 2 aliphatic rings. The zero-order chi connectivity index (χ0) is 25.4. The predicted molar refractivity (Wildman–Crippen MR) is 148 cm³/mol. The summed E-state index contributed by atoms with van der Waals surface area (Å²) >= 11 is 1.76. The SMILES string of the molecule is Cc1cc2c(cnn2-c2ccc(F)cc2)cc1C1CN(SC2=NN(C)NC2)CCN1Cc1ccccc1. The highest BCUT2D eigenvalue weighted by molar-refractivity contribution is 8.12. The average Bonchev–Trinajstić information content (AvgIpc) is 3.51. The molecule has 6 rings (SSSR count). The lowest BCUT2D eigenvalue weighted by Gasteiger charge is -2.41. The molecule has 0 aliphatic carbocycles. The molecule has 7 nitrogen and oxygen atoms in total. The van der Waals surface area contributed by atoms with Gasteiger partial charge in [0.2, 0.25) is 0 Å². The van der Waals surface area contributed by atoms with Gasteiger partial charge < -0.3 is 0 Å². The van der Waals surface area contributed by atoms with E-state index in [2.05, 4.69) is 74.2 Å². The van der Waals surface area contributed by atoms with Crippen LogP contribution in [0.3, 0.4) is 0 Å². The highest BCUT2D eigenvalue weighted by Crippen LogP contribution is 2.35. The van der Waals surface area contributed by atoms with Gasteiger partial charge in [0.15, 0.2) is 0 Å². The fourth-order valence-electron chi connectivity index (χ4n) is 5.14. The van der Waals surface area contributed by atoms with Crippen molar-refractivity contribution >= 4 is 27.9 Å². The highest BCUT2D eigenvalue weighted by atomic mass is 32.2. The third kappa shape index (κ3) is 5.13. The average molecular weight is 516 g/mol. The van der Waals surface area contributed by atoms with Crippen molar-refractivity contribution in [1.29, 1.82) is 0 Å². The Bertz CT molecular complexity index is 1420. The summed E-state index contributed by atoms with van der Waals surface area (Å²) < 4.78 is 17.8. The van der Waals surface area contributed by atoms with Gasteiger partial charge in [-0.1, -0.05) is 30.3 Å². The van der Waals surface area contributed by atoms with Crippen LogP contribution in [-0.2, 0) is 6.54 Å². The highest BCUT2D eigenvalue weighted by Gasteiger charge is 2.31. The van der Waals surface area contributed by atoms with Gasteiger partial charge >= 0.3 is 0 Å². The van der Waals surface area contributed by atoms with Crippen LogP contribution in [0.5, 0.6) is 0 Å². The van der Waals surface area contributed by atoms with Crippen LogP contribution in [0.2, 0.25) is 0 Å². The zero-order valence-electron chi connectivity index (χ0n) is 21.0. The minimum atomic E-state index is -0.247. The second-order valence-electron chi connectivity index (χ2n) is 9.60. The van der Waals surface area contributed by atoms with Crippen molar-refractivity contribution in [3.05, 3.63) is 95.4 Å². The lowest BCUT2D eigenvalue weighted by molar-refractivity contribution is 0.116. The van der Waals surface area contributed by atoms with E-state index in [0.717, 1.165) is 54.4 Å². The number of hydrogen-bond acceptors (Lipinski definition) is 7. The first-order valence-electron chi connectivity index (χ1n) is 12.5. The van der Waals surface area contributed by atoms with E-state index in [0.29, 0.717) is 0 Å². The molecule has 1 unspecified atom stereocenters. The molecular weight excluding hydrogens is 485 g/mol. The molecule has 1 aromatic heterocycles. The third-order valence-electron chi connectivity index (χ3n) is 7.02. The molecule has 1 atom stereocenters. The Morgan fingerprint density at radius 3 is 2.62 bits per heavy atom. The number of aromatic nitrogens is 2. The van der Waals surface area contributed by atoms with Crippen LogP contribution in [0.25, 0.3) is 16.6 Å². The normalized spacial score (nSPS) is 19.1. The van der Waals surface area contributed by atoms with Crippen LogP contribution in [0, 0.1) is 12.7 Å². The van der Waals surface area contributed by atoms with Crippen LogP contribution in [0.4, 0.5) is 4.39 Å². The molecule has 0 saturated carbocycles. The van der Waals surface area contributed by atoms with Crippen molar-refractivity contribution in [3.8, 4) is 5.69 Å². The Morgan fingerprint density at radius 1 is 1.05 bits per heavy atom. The molecule has 1 fully saturated rings. The van der Waals surface area contributed by atoms with E-state index in [4.69, 9.17) is 0 Å². The number of hydrogen-bond donors (Lipinski definition) is 1. The quantitative estimate of drug-likeness (QED) is 0.388. The summed E-state index contributed by atoms with van der Waals surface area (Å²) in [6, 6.07) is 21.9. The molecule has 0 radical (unpaired) electrons. The number of nitrogens with one attached hydrogen (secondary N) is 1. The second kappa shape index (κ2) is 10.3. The van der Waals surface area contributed by atoms with E-state index in [-0.39, 0.29) is 11.9 Å². The van der Waals surface area contributed by atoms with Crippen molar-refractivity contribution in [2.45, 2.75) is 19.5 Å². The lowest BCUT2D eigenvalue weighted by atomic mass is 9.96. The summed E-state index contributed by atoms with van der Waals surface area (Å²) in [6.07, 6.45) is 1.91. The van der Waals surface area contributed by atoms with Gasteiger partial charge in [-0.05, 0) is 72.0 Å². The zero-order valence-corrected chi connectivity index (χ0v) is 21.8. The number of hydrazine groups is 1. The number of halogens is 1. The maximum atomic E-state index is 13.5. The Morgan fingerprint density at radius 2 is 1.86 bits per heavy atom. The Kier molecular flexibility index (Phi) is 6.69. The van der Waals surface area contributed by atoms with Crippen molar-refractivity contribution < 1.29 is 4.39 Å². The van der Waals surface area contributed by atoms with E-state index in [1.807, 2.05) is 17.9 Å². The first-order valence-corrected chi connectivity index (χ1v) is 13.3. The van der Waals surface area contributed by atoms with Gasteiger partial charge in [0.05, 0.1) is 23.9 Å². The third-order valence-corrected chi connectivity index (χ3v) is 8.05. The molecule has 1 saturated heterocycles. The van der Waals surface area contributed by atoms with Gasteiger partial charge in [0.1, 0.15) is 10.9 Å². The minimum Gasteiger partial charge on any atom is -0.289 e. The second-order valence-corrected chi connectivity index (χ2v) is 10.8. The monoisotopic (exact) mass is 515 g/mol. The Labute approximate surface area is 220 Å². The van der Waals surface area contributed by atoms with Crippen LogP contribution in [-0.4, -0.2) is 62.4 Å². The minimum absolute atomic E-state index is 0.229. The molecule has 9 heteroatoms. The van der Waals surface area contributed by atoms with E-state index < -0.39 is 0 Å². The van der Waals surface area contributed by atoms with Gasteiger partial charge in [-0.2, -0.15) is 10.2 Å². The smallest absolute Gasteiger partial charge is 0.126 e. The Hall–Kier alpha value is -3.24. The van der Waals surface area contributed by atoms with Crippen molar-refractivity contribution in [3.63, 3.8) is 0 Å². The van der Waals surface area contributed by atoms with Gasteiger partial charge in [-0.25, -0.2) is 23.9 Å². The molecule has 0 amide bonds. The van der Waals surface area contributed by atoms with E-state index >= 15 is 0 Å². The lowest BCUT2D eigenvalue weighted by Crippen LogP contribution is -2.46. The fraction of sp³-hybridized carbons (Fsp3) is 0.286. The summed E-state index contributed by atoms with van der Waals surface area (Å²) in [6.45, 7) is 6.70. The summed E-state index contributed by atoms with van der Waals surface area (Å²) in [5.74, 6) is -0.247. The topological polar surface area (TPSA) is 51.9 Å². The fourth-order valence-corrected chi connectivity index (χ4v) is 6.12. The number of aryl methyl sites for hydroxylation is 1. The standard InChI is InChI=1S/C28H30FN7S/c1-20-14-26-22(16-31-36(26)24-10-8-23(29)9-11-24)15-25(20)27-19-35(37-28-17-30-33(2)32-28)13-12-34(27)18-21-6-4-3-5-7-21/h3-11,14-16,27,30H,12-13,17-19H2,1-2H3. The van der Waals surface area contributed by atoms with E-state index in [9.17, 15) is 4.39 Å². The molecular formula is C28H30FN7S. The number of piperazine rings is 1. The largest absolute Gasteiger partial charge is 0.289 e. The van der Waals surface area contributed by atoms with Crippen molar-refractivity contribution in [2.75, 3.05) is 33.2 Å².